The minimum atomic E-state index is 0. The van der Waals surface area contributed by atoms with Crippen molar-refractivity contribution in [3.05, 3.63) is 35.9 Å². The van der Waals surface area contributed by atoms with Crippen molar-refractivity contribution in [3.63, 3.8) is 0 Å². The van der Waals surface area contributed by atoms with Gasteiger partial charge in [-0.05, 0) is 17.6 Å². The maximum absolute atomic E-state index is 5.34. The molecule has 0 radical (unpaired) electrons. The SMILES string of the molecule is Cc1ccccc1-c1cc(OCCN)no1.Cl. The first kappa shape index (κ1) is 13.5. The molecule has 0 atom stereocenters. The van der Waals surface area contributed by atoms with Crippen LogP contribution in [0, 0.1) is 6.92 Å². The predicted molar refractivity (Wildman–Crippen MR) is 68.5 cm³/mol. The number of nitrogens with zero attached hydrogens (tertiary/aromatic N) is 1. The van der Waals surface area contributed by atoms with Gasteiger partial charge in [-0.2, -0.15) is 0 Å². The lowest BCUT2D eigenvalue weighted by Crippen LogP contribution is -2.10. The molecule has 0 aliphatic heterocycles. The number of benzene rings is 1. The molecule has 1 aromatic heterocycles. The molecule has 0 bridgehead atoms. The van der Waals surface area contributed by atoms with Crippen molar-refractivity contribution in [2.45, 2.75) is 6.92 Å². The van der Waals surface area contributed by atoms with E-state index in [2.05, 4.69) is 5.16 Å². The molecule has 17 heavy (non-hydrogen) atoms. The Bertz CT molecular complexity index is 471. The smallest absolute Gasteiger partial charge is 0.254 e. The standard InChI is InChI=1S/C12H14N2O2.ClH/c1-9-4-2-3-5-10(9)11-8-12(14-16-11)15-7-6-13;/h2-5,8H,6-7,13H2,1H3;1H. The summed E-state index contributed by atoms with van der Waals surface area (Å²) in [6.45, 7) is 2.94. The van der Waals surface area contributed by atoms with Crippen molar-refractivity contribution in [1.82, 2.24) is 5.16 Å². The highest BCUT2D eigenvalue weighted by Crippen LogP contribution is 2.26. The molecular formula is C12H15ClN2O2. The Morgan fingerprint density at radius 1 is 1.35 bits per heavy atom. The van der Waals surface area contributed by atoms with Crippen molar-refractivity contribution < 1.29 is 9.26 Å². The highest BCUT2D eigenvalue weighted by atomic mass is 35.5. The van der Waals surface area contributed by atoms with Gasteiger partial charge >= 0.3 is 0 Å². The van der Waals surface area contributed by atoms with Crippen molar-refractivity contribution >= 4 is 12.4 Å². The fourth-order valence-corrected chi connectivity index (χ4v) is 1.47. The van der Waals surface area contributed by atoms with Gasteiger partial charge in [0.1, 0.15) is 6.61 Å². The van der Waals surface area contributed by atoms with Gasteiger partial charge in [0.25, 0.3) is 5.88 Å². The summed E-state index contributed by atoms with van der Waals surface area (Å²) in [5.74, 6) is 1.19. The molecule has 0 aliphatic carbocycles. The second kappa shape index (κ2) is 6.27. The molecule has 2 rings (SSSR count). The second-order valence-corrected chi connectivity index (χ2v) is 3.48. The summed E-state index contributed by atoms with van der Waals surface area (Å²) in [6.07, 6.45) is 0. The highest BCUT2D eigenvalue weighted by Gasteiger charge is 2.08. The van der Waals surface area contributed by atoms with Gasteiger partial charge in [-0.25, -0.2) is 0 Å². The fourth-order valence-electron chi connectivity index (χ4n) is 1.47. The van der Waals surface area contributed by atoms with E-state index in [4.69, 9.17) is 15.0 Å². The van der Waals surface area contributed by atoms with Crippen LogP contribution in [0.4, 0.5) is 0 Å². The molecule has 0 spiro atoms. The normalized spacial score (nSPS) is 9.76. The summed E-state index contributed by atoms with van der Waals surface area (Å²) in [4.78, 5) is 0. The third-order valence-electron chi connectivity index (χ3n) is 2.27. The first-order valence-corrected chi connectivity index (χ1v) is 5.17. The summed E-state index contributed by atoms with van der Waals surface area (Å²) in [5.41, 5.74) is 7.50. The number of nitrogens with two attached hydrogens (primary N) is 1. The van der Waals surface area contributed by atoms with Gasteiger partial charge in [-0.1, -0.05) is 24.3 Å². The van der Waals surface area contributed by atoms with Crippen molar-refractivity contribution in [2.75, 3.05) is 13.2 Å². The van der Waals surface area contributed by atoms with Crippen molar-refractivity contribution in [2.24, 2.45) is 5.73 Å². The lowest BCUT2D eigenvalue weighted by atomic mass is 10.1. The van der Waals surface area contributed by atoms with Gasteiger partial charge in [0.2, 0.25) is 0 Å². The lowest BCUT2D eigenvalue weighted by Gasteiger charge is -1.99. The number of hydrogen-bond donors (Lipinski definition) is 1. The van der Waals surface area contributed by atoms with E-state index in [1.807, 2.05) is 31.2 Å². The zero-order valence-corrected chi connectivity index (χ0v) is 10.4. The molecule has 0 fully saturated rings. The molecule has 2 aromatic rings. The van der Waals surface area contributed by atoms with Gasteiger partial charge in [0.05, 0.1) is 0 Å². The van der Waals surface area contributed by atoms with Gasteiger partial charge in [0, 0.05) is 18.2 Å². The third kappa shape index (κ3) is 3.22. The molecule has 5 heteroatoms. The zero-order valence-electron chi connectivity index (χ0n) is 9.55. The predicted octanol–water partition coefficient (Wildman–Crippen LogP) is 2.41. The first-order valence-electron chi connectivity index (χ1n) is 5.17. The molecule has 0 aliphatic rings. The highest BCUT2D eigenvalue weighted by molar-refractivity contribution is 5.85. The zero-order chi connectivity index (χ0) is 11.4. The molecule has 0 saturated heterocycles. The van der Waals surface area contributed by atoms with E-state index in [9.17, 15) is 0 Å². The Morgan fingerprint density at radius 3 is 2.82 bits per heavy atom. The molecule has 0 amide bonds. The summed E-state index contributed by atoms with van der Waals surface area (Å²) in [7, 11) is 0. The summed E-state index contributed by atoms with van der Waals surface area (Å²) < 4.78 is 10.5. The van der Waals surface area contributed by atoms with E-state index in [0.717, 1.165) is 11.1 Å². The van der Waals surface area contributed by atoms with Gasteiger partial charge in [0.15, 0.2) is 5.76 Å². The van der Waals surface area contributed by atoms with Crippen LogP contribution in [-0.2, 0) is 0 Å². The second-order valence-electron chi connectivity index (χ2n) is 3.48. The molecule has 1 heterocycles. The summed E-state index contributed by atoms with van der Waals surface area (Å²) in [5, 5.41) is 3.82. The Balaban J connectivity index is 0.00000144. The number of ether oxygens (including phenoxy) is 1. The fraction of sp³-hybridized carbons (Fsp3) is 0.250. The number of rotatable bonds is 4. The van der Waals surface area contributed by atoms with Crippen LogP contribution in [0.15, 0.2) is 34.9 Å². The summed E-state index contributed by atoms with van der Waals surface area (Å²) >= 11 is 0. The van der Waals surface area contributed by atoms with Crippen LogP contribution in [0.2, 0.25) is 0 Å². The number of halogens is 1. The molecule has 4 nitrogen and oxygen atoms in total. The molecule has 92 valence electrons. The van der Waals surface area contributed by atoms with E-state index in [1.165, 1.54) is 0 Å². The monoisotopic (exact) mass is 254 g/mol. The van der Waals surface area contributed by atoms with Crippen LogP contribution in [0.3, 0.4) is 0 Å². The number of aromatic nitrogens is 1. The average Bonchev–Trinajstić information content (AvgIpc) is 2.75. The van der Waals surface area contributed by atoms with E-state index < -0.39 is 0 Å². The average molecular weight is 255 g/mol. The van der Waals surface area contributed by atoms with Gasteiger partial charge < -0.3 is 15.0 Å². The molecule has 1 aromatic carbocycles. The van der Waals surface area contributed by atoms with E-state index in [-0.39, 0.29) is 12.4 Å². The van der Waals surface area contributed by atoms with Crippen molar-refractivity contribution in [3.8, 4) is 17.2 Å². The van der Waals surface area contributed by atoms with Gasteiger partial charge in [-0.3, -0.25) is 0 Å². The number of hydrogen-bond acceptors (Lipinski definition) is 4. The van der Waals surface area contributed by atoms with Crippen LogP contribution in [-0.4, -0.2) is 18.3 Å². The lowest BCUT2D eigenvalue weighted by molar-refractivity contribution is 0.288. The van der Waals surface area contributed by atoms with Crippen LogP contribution in [0.1, 0.15) is 5.56 Å². The molecule has 2 N–H and O–H groups in total. The van der Waals surface area contributed by atoms with E-state index in [0.29, 0.717) is 24.8 Å². The van der Waals surface area contributed by atoms with Crippen LogP contribution >= 0.6 is 12.4 Å². The van der Waals surface area contributed by atoms with E-state index >= 15 is 0 Å². The van der Waals surface area contributed by atoms with Gasteiger partial charge in [-0.15, -0.1) is 12.4 Å². The minimum Gasteiger partial charge on any atom is -0.474 e. The van der Waals surface area contributed by atoms with Crippen LogP contribution in [0.25, 0.3) is 11.3 Å². The molecule has 0 unspecified atom stereocenters. The maximum Gasteiger partial charge on any atom is 0.254 e. The van der Waals surface area contributed by atoms with Crippen LogP contribution < -0.4 is 10.5 Å². The van der Waals surface area contributed by atoms with E-state index in [1.54, 1.807) is 6.07 Å². The third-order valence-corrected chi connectivity index (χ3v) is 2.27. The first-order chi connectivity index (χ1) is 7.81. The minimum absolute atomic E-state index is 0. The molecular weight excluding hydrogens is 240 g/mol. The topological polar surface area (TPSA) is 61.3 Å². The van der Waals surface area contributed by atoms with Crippen molar-refractivity contribution in [1.29, 1.82) is 0 Å². The Labute approximate surface area is 106 Å². The Hall–Kier alpha value is -1.52. The maximum atomic E-state index is 5.34. The molecule has 0 saturated carbocycles. The quantitative estimate of drug-likeness (QED) is 0.910. The Morgan fingerprint density at radius 2 is 2.12 bits per heavy atom. The number of aryl methyl sites for hydroxylation is 1. The largest absolute Gasteiger partial charge is 0.474 e. The van der Waals surface area contributed by atoms with Crippen LogP contribution in [0.5, 0.6) is 5.88 Å². The summed E-state index contributed by atoms with van der Waals surface area (Å²) in [6, 6.07) is 9.74. The Kier molecular flexibility index (Phi) is 5.00.